The number of urea groups is 1. The molecule has 2 saturated heterocycles. The van der Waals surface area contributed by atoms with Crippen molar-refractivity contribution in [1.29, 1.82) is 0 Å². The predicted octanol–water partition coefficient (Wildman–Crippen LogP) is 2.63. The fourth-order valence-electron chi connectivity index (χ4n) is 7.56. The quantitative estimate of drug-likeness (QED) is 0.787. The fourth-order valence-corrected chi connectivity index (χ4v) is 7.56. The maximum atomic E-state index is 12.6. The summed E-state index contributed by atoms with van der Waals surface area (Å²) in [4.78, 5) is 28.5. The summed E-state index contributed by atoms with van der Waals surface area (Å²) in [6.45, 7) is 3.84. The van der Waals surface area contributed by atoms with Crippen molar-refractivity contribution < 1.29 is 9.59 Å². The van der Waals surface area contributed by atoms with Crippen LogP contribution in [0, 0.1) is 11.8 Å². The number of likely N-dealkylation sites (tertiary alicyclic amines) is 1. The van der Waals surface area contributed by atoms with E-state index in [4.69, 9.17) is 0 Å². The Hall–Kier alpha value is -2.08. The van der Waals surface area contributed by atoms with Gasteiger partial charge in [-0.15, -0.1) is 0 Å². The normalized spacial score (nSPS) is 36.7. The van der Waals surface area contributed by atoms with Gasteiger partial charge in [-0.2, -0.15) is 0 Å². The summed E-state index contributed by atoms with van der Waals surface area (Å²) in [5, 5.41) is 6.68. The molecule has 4 saturated carbocycles. The number of rotatable bonds is 5. The Morgan fingerprint density at radius 1 is 1.10 bits per heavy atom. The van der Waals surface area contributed by atoms with E-state index in [1.54, 1.807) is 0 Å². The van der Waals surface area contributed by atoms with E-state index in [2.05, 4.69) is 34.9 Å². The van der Waals surface area contributed by atoms with E-state index >= 15 is 0 Å². The lowest BCUT2D eigenvalue weighted by atomic mass is 9.65. The second-order valence-electron chi connectivity index (χ2n) is 10.4. The smallest absolute Gasteiger partial charge is 0.321 e. The van der Waals surface area contributed by atoms with Crippen LogP contribution < -0.4 is 15.5 Å². The van der Waals surface area contributed by atoms with Crippen molar-refractivity contribution in [3.63, 3.8) is 0 Å². The maximum Gasteiger partial charge on any atom is 0.321 e. The van der Waals surface area contributed by atoms with Crippen molar-refractivity contribution in [3.05, 3.63) is 29.8 Å². The molecule has 1 aromatic carbocycles. The number of hydrogen-bond acceptors (Lipinski definition) is 3. The molecule has 6 aliphatic rings. The number of hydrogen-bond donors (Lipinski definition) is 2. The number of anilines is 1. The van der Waals surface area contributed by atoms with Gasteiger partial charge in [0.25, 0.3) is 0 Å². The third kappa shape index (κ3) is 2.79. The lowest BCUT2D eigenvalue weighted by molar-refractivity contribution is -0.129. The molecule has 2 aliphatic heterocycles. The number of benzene rings is 1. The number of carbonyl (C=O) groups excluding carboxylic acids is 2. The third-order valence-electron chi connectivity index (χ3n) is 8.72. The summed E-state index contributed by atoms with van der Waals surface area (Å²) in [5.74, 6) is 1.75. The molecule has 3 amide bonds. The van der Waals surface area contributed by atoms with Gasteiger partial charge in [-0.25, -0.2) is 4.79 Å². The summed E-state index contributed by atoms with van der Waals surface area (Å²) in [5.41, 5.74) is 2.80. The van der Waals surface area contributed by atoms with Crippen LogP contribution in [0.3, 0.4) is 0 Å². The Labute approximate surface area is 178 Å². The largest absolute Gasteiger partial charge is 0.342 e. The van der Waals surface area contributed by atoms with Crippen LogP contribution in [0.5, 0.6) is 0 Å². The molecule has 1 aromatic rings. The Morgan fingerprint density at radius 2 is 1.90 bits per heavy atom. The van der Waals surface area contributed by atoms with Crippen molar-refractivity contribution in [3.8, 4) is 0 Å². The Balaban J connectivity index is 1.19. The summed E-state index contributed by atoms with van der Waals surface area (Å²) in [6.07, 6.45) is 8.52. The average Bonchev–Trinajstić information content (AvgIpc) is 3.51. The molecule has 4 bridgehead atoms. The summed E-state index contributed by atoms with van der Waals surface area (Å²) < 4.78 is 0. The topological polar surface area (TPSA) is 64.7 Å². The predicted molar refractivity (Wildman–Crippen MR) is 115 cm³/mol. The van der Waals surface area contributed by atoms with E-state index in [0.29, 0.717) is 12.5 Å². The molecule has 4 atom stereocenters. The molecule has 4 aliphatic carbocycles. The lowest BCUT2D eigenvalue weighted by Crippen LogP contribution is -2.51. The molecule has 160 valence electrons. The van der Waals surface area contributed by atoms with Crippen LogP contribution in [0.2, 0.25) is 0 Å². The number of nitrogens with one attached hydrogen (secondary N) is 2. The highest BCUT2D eigenvalue weighted by atomic mass is 16.2. The first-order chi connectivity index (χ1) is 14.6. The maximum absolute atomic E-state index is 12.6. The van der Waals surface area contributed by atoms with Crippen molar-refractivity contribution in [1.82, 2.24) is 15.5 Å². The molecular formula is C24H32N4O2. The highest BCUT2D eigenvalue weighted by Gasteiger charge is 2.64. The third-order valence-corrected chi connectivity index (χ3v) is 8.72. The Bertz CT molecular complexity index is 864. The number of carbonyl (C=O) groups is 2. The molecule has 2 heterocycles. The molecule has 0 radical (unpaired) electrons. The SMILES string of the molecule is O=C(CNC12CC3CC1C[C@@](c1ccc(N4CCNC4=O)cc1)(C3)C2)N1CCCC1. The number of amides is 3. The summed E-state index contributed by atoms with van der Waals surface area (Å²) >= 11 is 0. The van der Waals surface area contributed by atoms with E-state index in [-0.39, 0.29) is 22.9 Å². The molecule has 6 heteroatoms. The second kappa shape index (κ2) is 6.71. The van der Waals surface area contributed by atoms with Gasteiger partial charge in [0.2, 0.25) is 5.91 Å². The summed E-state index contributed by atoms with van der Waals surface area (Å²) in [7, 11) is 0. The second-order valence-corrected chi connectivity index (χ2v) is 10.4. The Morgan fingerprint density at radius 3 is 2.63 bits per heavy atom. The van der Waals surface area contributed by atoms with Gasteiger partial charge in [0.15, 0.2) is 0 Å². The van der Waals surface area contributed by atoms with Crippen LogP contribution in [0.25, 0.3) is 0 Å². The van der Waals surface area contributed by atoms with Gasteiger partial charge in [0, 0.05) is 37.4 Å². The van der Waals surface area contributed by atoms with Gasteiger partial charge in [0.1, 0.15) is 0 Å². The molecule has 30 heavy (non-hydrogen) atoms. The van der Waals surface area contributed by atoms with E-state index in [1.807, 2.05) is 9.80 Å². The first-order valence-corrected chi connectivity index (χ1v) is 11.8. The van der Waals surface area contributed by atoms with Gasteiger partial charge in [-0.3, -0.25) is 9.69 Å². The highest BCUT2D eigenvalue weighted by Crippen LogP contribution is 2.66. The van der Waals surface area contributed by atoms with Crippen LogP contribution in [-0.4, -0.2) is 55.1 Å². The zero-order chi connectivity index (χ0) is 20.3. The monoisotopic (exact) mass is 408 g/mol. The lowest BCUT2D eigenvalue weighted by Gasteiger charge is -2.42. The van der Waals surface area contributed by atoms with Crippen LogP contribution >= 0.6 is 0 Å². The van der Waals surface area contributed by atoms with Crippen molar-refractivity contribution in [2.45, 2.75) is 55.9 Å². The minimum absolute atomic E-state index is 0.00609. The van der Waals surface area contributed by atoms with E-state index in [1.165, 1.54) is 31.2 Å². The minimum atomic E-state index is 0.00609. The molecule has 3 unspecified atom stereocenters. The van der Waals surface area contributed by atoms with Crippen molar-refractivity contribution >= 4 is 17.6 Å². The van der Waals surface area contributed by atoms with Crippen LogP contribution in [0.4, 0.5) is 10.5 Å². The molecule has 6 fully saturated rings. The molecule has 0 spiro atoms. The zero-order valence-corrected chi connectivity index (χ0v) is 17.7. The molecule has 0 aromatic heterocycles. The van der Waals surface area contributed by atoms with Gasteiger partial charge in [0.05, 0.1) is 6.54 Å². The zero-order valence-electron chi connectivity index (χ0n) is 17.7. The molecule has 7 rings (SSSR count). The molecular weight excluding hydrogens is 376 g/mol. The fraction of sp³-hybridized carbons (Fsp3) is 0.667. The minimum Gasteiger partial charge on any atom is -0.342 e. The van der Waals surface area contributed by atoms with Crippen molar-refractivity contribution in [2.24, 2.45) is 11.8 Å². The van der Waals surface area contributed by atoms with Crippen LogP contribution in [0.1, 0.15) is 50.5 Å². The number of nitrogens with zero attached hydrogens (tertiary/aromatic N) is 2. The van der Waals surface area contributed by atoms with Crippen LogP contribution in [0.15, 0.2) is 24.3 Å². The molecule has 2 N–H and O–H groups in total. The van der Waals surface area contributed by atoms with E-state index < -0.39 is 0 Å². The average molecular weight is 409 g/mol. The summed E-state index contributed by atoms with van der Waals surface area (Å²) in [6, 6.07) is 8.78. The first kappa shape index (κ1) is 18.7. The van der Waals surface area contributed by atoms with Crippen LogP contribution in [-0.2, 0) is 10.2 Å². The van der Waals surface area contributed by atoms with Crippen molar-refractivity contribution in [2.75, 3.05) is 37.6 Å². The van der Waals surface area contributed by atoms with Gasteiger partial charge >= 0.3 is 6.03 Å². The first-order valence-electron chi connectivity index (χ1n) is 11.8. The standard InChI is InChI=1S/C24H32N4O2/c29-21(27-8-1-2-9-27)15-26-24-13-17-11-19(24)14-23(12-17,16-24)18-3-5-20(6-4-18)28-10-7-25-22(28)30/h3-6,17,19,26H,1-2,7-16H2,(H,25,30)/t17?,19?,23-,24?/m0/s1. The van der Waals surface area contributed by atoms with Gasteiger partial charge in [-0.1, -0.05) is 12.1 Å². The van der Waals surface area contributed by atoms with Gasteiger partial charge in [-0.05, 0) is 79.9 Å². The highest BCUT2D eigenvalue weighted by molar-refractivity contribution is 5.94. The van der Waals surface area contributed by atoms with Gasteiger partial charge < -0.3 is 15.5 Å². The van der Waals surface area contributed by atoms with E-state index in [0.717, 1.165) is 57.0 Å². The Kier molecular flexibility index (Phi) is 4.18. The van der Waals surface area contributed by atoms with E-state index in [9.17, 15) is 9.59 Å². The molecule has 6 nitrogen and oxygen atoms in total.